The minimum absolute atomic E-state index is 0.00431. The summed E-state index contributed by atoms with van der Waals surface area (Å²) in [4.78, 5) is 12.6. The Morgan fingerprint density at radius 2 is 1.18 bits per heavy atom. The van der Waals surface area contributed by atoms with Crippen molar-refractivity contribution in [3.63, 3.8) is 0 Å². The van der Waals surface area contributed by atoms with E-state index in [4.69, 9.17) is 62.8 Å². The van der Waals surface area contributed by atoms with Crippen LogP contribution in [0.1, 0.15) is 12.8 Å². The van der Waals surface area contributed by atoms with Crippen molar-refractivity contribution in [3.8, 4) is 0 Å². The lowest BCUT2D eigenvalue weighted by atomic mass is 9.83. The van der Waals surface area contributed by atoms with Crippen LogP contribution in [0.25, 0.3) is 0 Å². The number of carbonyl (C=O) groups excluding carboxylic acids is 1. The van der Waals surface area contributed by atoms with E-state index < -0.39 is 135 Å². The molecule has 0 aromatic carbocycles. The maximum atomic E-state index is 12.6. The molecule has 4 fully saturated rings. The molecule has 21 N–H and O–H groups in total. The first-order valence-corrected chi connectivity index (χ1v) is 16.2. The van der Waals surface area contributed by atoms with Crippen LogP contribution in [0.5, 0.6) is 0 Å². The first-order valence-electron chi connectivity index (χ1n) is 16.2. The van der Waals surface area contributed by atoms with Gasteiger partial charge in [-0.1, -0.05) is 0 Å². The zero-order valence-corrected chi connectivity index (χ0v) is 26.7. The number of carbonyl (C=O) groups is 1. The van der Waals surface area contributed by atoms with Gasteiger partial charge in [-0.05, 0) is 19.4 Å². The van der Waals surface area contributed by atoms with Crippen molar-refractivity contribution in [2.75, 3.05) is 26.2 Å². The summed E-state index contributed by atoms with van der Waals surface area (Å²) in [5.41, 5.74) is 35.3. The summed E-state index contributed by atoms with van der Waals surface area (Å²) in [6.45, 7) is -1.14. The Hall–Kier alpha value is -1.33. The molecule has 286 valence electrons. The van der Waals surface area contributed by atoms with Crippen molar-refractivity contribution in [1.82, 2.24) is 5.32 Å². The minimum atomic E-state index is -1.72. The molecular formula is C27H53N7O15. The van der Waals surface area contributed by atoms with Crippen molar-refractivity contribution in [3.05, 3.63) is 0 Å². The summed E-state index contributed by atoms with van der Waals surface area (Å²) in [6, 6.07) is -4.82. The smallest absolute Gasteiger partial charge is 0.249 e. The molecule has 4 aliphatic rings. The van der Waals surface area contributed by atoms with Crippen LogP contribution in [0.15, 0.2) is 0 Å². The Morgan fingerprint density at radius 3 is 1.67 bits per heavy atom. The highest BCUT2D eigenvalue weighted by Crippen LogP contribution is 2.34. The number of rotatable bonds is 13. The Balaban J connectivity index is 1.57. The van der Waals surface area contributed by atoms with Crippen LogP contribution in [0, 0.1) is 0 Å². The third-order valence-corrected chi connectivity index (χ3v) is 9.40. The summed E-state index contributed by atoms with van der Waals surface area (Å²) in [7, 11) is 0. The van der Waals surface area contributed by atoms with Gasteiger partial charge in [0.15, 0.2) is 18.9 Å². The highest BCUT2D eigenvalue weighted by molar-refractivity contribution is 5.80. The van der Waals surface area contributed by atoms with E-state index in [9.17, 15) is 45.6 Å². The average molecular weight is 716 g/mol. The summed E-state index contributed by atoms with van der Waals surface area (Å²) in [5, 5.41) is 86.9. The van der Waals surface area contributed by atoms with Gasteiger partial charge in [-0.2, -0.15) is 0 Å². The van der Waals surface area contributed by atoms with E-state index in [0.717, 1.165) is 0 Å². The van der Waals surface area contributed by atoms with Gasteiger partial charge < -0.3 is 109 Å². The van der Waals surface area contributed by atoms with E-state index >= 15 is 0 Å². The maximum Gasteiger partial charge on any atom is 0.249 e. The molecule has 22 nitrogen and oxygen atoms in total. The third-order valence-electron chi connectivity index (χ3n) is 9.40. The number of aliphatic hydroxyl groups is 8. The lowest BCUT2D eigenvalue weighted by Gasteiger charge is -2.48. The normalized spacial score (nSPS) is 48.3. The summed E-state index contributed by atoms with van der Waals surface area (Å²) in [5.74, 6) is -0.849. The molecule has 1 amide bonds. The van der Waals surface area contributed by atoms with Gasteiger partial charge in [-0.3, -0.25) is 4.79 Å². The zero-order chi connectivity index (χ0) is 36.3. The highest BCUT2D eigenvalue weighted by Gasteiger charge is 2.55. The Bertz CT molecular complexity index is 1060. The second kappa shape index (κ2) is 17.5. The second-order valence-corrected chi connectivity index (χ2v) is 12.8. The van der Waals surface area contributed by atoms with Gasteiger partial charge in [0.2, 0.25) is 5.91 Å². The predicted molar refractivity (Wildman–Crippen MR) is 162 cm³/mol. The van der Waals surface area contributed by atoms with E-state index in [1.165, 1.54) is 0 Å². The molecule has 20 atom stereocenters. The molecule has 0 radical (unpaired) electrons. The number of nitrogens with one attached hydrogen (secondary N) is 1. The molecule has 3 saturated heterocycles. The lowest BCUT2D eigenvalue weighted by Crippen LogP contribution is -2.69. The van der Waals surface area contributed by atoms with Crippen LogP contribution in [0.4, 0.5) is 0 Å². The number of hydrogen-bond donors (Lipinski definition) is 15. The molecule has 49 heavy (non-hydrogen) atoms. The molecule has 0 aromatic heterocycles. The zero-order valence-electron chi connectivity index (χ0n) is 26.7. The van der Waals surface area contributed by atoms with Gasteiger partial charge in [0.1, 0.15) is 79.4 Å². The van der Waals surface area contributed by atoms with Gasteiger partial charge in [-0.15, -0.1) is 0 Å². The number of amides is 1. The van der Waals surface area contributed by atoms with Crippen molar-refractivity contribution >= 4 is 5.91 Å². The largest absolute Gasteiger partial charge is 0.394 e. The SMILES string of the molecule is NCC[C@H](O)C(=O)N[C@@H]1C[C@H](N)[C@@H](O[C@H]2O[C@H](CN)[C@@H](O)[C@H](O)[C@H]2N)[C@H](O[C@@H]2O[C@H](CO)[C@@H](O[C@@H]3O[C@H](CN)[C@H](O)[C@@H](O)[C@@H]3N)[C@H]2O)[C@H]1O. The Kier molecular flexibility index (Phi) is 14.4. The standard InChI is InChI=1S/C27H53N7O15/c28-2-1-9(36)24(43)34-8-3-7(31)21(47-25-13(32)18(40)16(38)10(4-29)44-25)23(15(8)37)49-27-20(42)22(12(6-35)46-27)48-26-14(33)19(41)17(39)11(5-30)45-26/h7-23,25-27,35-42H,1-6,28-33H2,(H,34,43)/t7-,8+,9-,10+,11+,12+,13+,14-,15-,16+,17-,18+,19-,20+,21+,22+,23+,25+,26-,27-/m0/s1. The number of aliphatic hydroxyl groups excluding tert-OH is 8. The topological polar surface area (TPSA) is 402 Å². The van der Waals surface area contributed by atoms with Crippen LogP contribution in [0.3, 0.4) is 0 Å². The summed E-state index contributed by atoms with van der Waals surface area (Å²) < 4.78 is 35.0. The van der Waals surface area contributed by atoms with E-state index in [0.29, 0.717) is 0 Å². The van der Waals surface area contributed by atoms with Crippen molar-refractivity contribution in [2.24, 2.45) is 34.4 Å². The van der Waals surface area contributed by atoms with Gasteiger partial charge in [0.25, 0.3) is 0 Å². The van der Waals surface area contributed by atoms with Gasteiger partial charge in [-0.25, -0.2) is 0 Å². The molecular weight excluding hydrogens is 662 g/mol. The summed E-state index contributed by atoms with van der Waals surface area (Å²) in [6.07, 6.45) is -23.2. The molecule has 1 saturated carbocycles. The molecule has 22 heteroatoms. The molecule has 3 heterocycles. The molecule has 3 aliphatic heterocycles. The summed E-state index contributed by atoms with van der Waals surface area (Å²) >= 11 is 0. The van der Waals surface area contributed by atoms with Crippen molar-refractivity contribution in [1.29, 1.82) is 0 Å². The highest BCUT2D eigenvalue weighted by atomic mass is 16.8. The minimum Gasteiger partial charge on any atom is -0.394 e. The van der Waals surface area contributed by atoms with E-state index in [2.05, 4.69) is 5.32 Å². The molecule has 0 unspecified atom stereocenters. The van der Waals surface area contributed by atoms with E-state index in [1.54, 1.807) is 0 Å². The molecule has 0 aromatic rings. The fraction of sp³-hybridized carbons (Fsp3) is 0.963. The molecule has 0 bridgehead atoms. The Morgan fingerprint density at radius 1 is 0.694 bits per heavy atom. The van der Waals surface area contributed by atoms with Crippen LogP contribution in [-0.2, 0) is 33.2 Å². The lowest BCUT2D eigenvalue weighted by molar-refractivity contribution is -0.307. The number of nitrogens with two attached hydrogens (primary N) is 6. The molecule has 4 rings (SSSR count). The van der Waals surface area contributed by atoms with Crippen LogP contribution in [0.2, 0.25) is 0 Å². The first-order chi connectivity index (χ1) is 23.2. The van der Waals surface area contributed by atoms with E-state index in [-0.39, 0.29) is 32.5 Å². The molecule has 0 spiro atoms. The molecule has 1 aliphatic carbocycles. The quantitative estimate of drug-likeness (QED) is 0.0841. The van der Waals surface area contributed by atoms with Crippen LogP contribution in [-0.4, -0.2) is 195 Å². The fourth-order valence-corrected chi connectivity index (χ4v) is 6.42. The van der Waals surface area contributed by atoms with Gasteiger partial charge in [0, 0.05) is 19.1 Å². The first kappa shape index (κ1) is 40.4. The number of hydrogen-bond acceptors (Lipinski definition) is 21. The van der Waals surface area contributed by atoms with Crippen LogP contribution < -0.4 is 39.7 Å². The Labute approximate surface area is 281 Å². The fourth-order valence-electron chi connectivity index (χ4n) is 6.42. The van der Waals surface area contributed by atoms with Crippen LogP contribution >= 0.6 is 0 Å². The third kappa shape index (κ3) is 8.66. The monoisotopic (exact) mass is 715 g/mol. The average Bonchev–Trinajstić information content (AvgIpc) is 3.38. The van der Waals surface area contributed by atoms with Crippen molar-refractivity contribution in [2.45, 2.75) is 135 Å². The van der Waals surface area contributed by atoms with Gasteiger partial charge >= 0.3 is 0 Å². The van der Waals surface area contributed by atoms with Gasteiger partial charge in [0.05, 0.1) is 24.7 Å². The second-order valence-electron chi connectivity index (χ2n) is 12.8. The maximum absolute atomic E-state index is 12.6. The predicted octanol–water partition coefficient (Wildman–Crippen LogP) is -10.0. The van der Waals surface area contributed by atoms with E-state index in [1.807, 2.05) is 0 Å². The number of ether oxygens (including phenoxy) is 6. The van der Waals surface area contributed by atoms with Crippen molar-refractivity contribution < 1.29 is 74.1 Å².